The lowest BCUT2D eigenvalue weighted by molar-refractivity contribution is 0.141. The summed E-state index contributed by atoms with van der Waals surface area (Å²) in [5.41, 5.74) is 0.180. The van der Waals surface area contributed by atoms with Gasteiger partial charge in [-0.3, -0.25) is 0 Å². The number of rotatable bonds is 7. The van der Waals surface area contributed by atoms with Crippen molar-refractivity contribution in [3.63, 3.8) is 0 Å². The Morgan fingerprint density at radius 2 is 2.06 bits per heavy atom. The van der Waals surface area contributed by atoms with Gasteiger partial charge in [0.25, 0.3) is 0 Å². The van der Waals surface area contributed by atoms with Crippen molar-refractivity contribution in [2.24, 2.45) is 0 Å². The monoisotopic (exact) mass is 229 g/mol. The van der Waals surface area contributed by atoms with E-state index in [-0.39, 0.29) is 5.69 Å². The molecule has 1 aromatic rings. The van der Waals surface area contributed by atoms with Crippen molar-refractivity contribution in [2.45, 2.75) is 19.8 Å². The molecule has 0 aliphatic rings. The second-order valence-corrected chi connectivity index (χ2v) is 3.49. The summed E-state index contributed by atoms with van der Waals surface area (Å²) in [6, 6.07) is 4.07. The highest BCUT2D eigenvalue weighted by Gasteiger charge is 2.05. The van der Waals surface area contributed by atoms with Crippen molar-refractivity contribution in [3.05, 3.63) is 29.8 Å². The predicted molar refractivity (Wildman–Crippen MR) is 60.6 cm³/mol. The van der Waals surface area contributed by atoms with Gasteiger partial charge in [-0.15, -0.1) is 0 Å². The third-order valence-corrected chi connectivity index (χ3v) is 2.16. The molecule has 0 aliphatic carbocycles. The molecule has 1 aromatic carbocycles. The van der Waals surface area contributed by atoms with Gasteiger partial charge in [-0.2, -0.15) is 0 Å². The van der Waals surface area contributed by atoms with E-state index in [2.05, 4.69) is 12.2 Å². The summed E-state index contributed by atoms with van der Waals surface area (Å²) in [5.74, 6) is -1.67. The second kappa shape index (κ2) is 7.17. The first kappa shape index (κ1) is 12.9. The van der Waals surface area contributed by atoms with Crippen LogP contribution in [0.15, 0.2) is 18.2 Å². The van der Waals surface area contributed by atoms with E-state index in [1.807, 2.05) is 0 Å². The number of halogens is 2. The molecule has 0 aromatic heterocycles. The predicted octanol–water partition coefficient (Wildman–Crippen LogP) is 3.19. The highest BCUT2D eigenvalue weighted by molar-refractivity contribution is 5.44. The highest BCUT2D eigenvalue weighted by atomic mass is 19.2. The fourth-order valence-electron chi connectivity index (χ4n) is 1.25. The first-order chi connectivity index (χ1) is 7.75. The molecule has 0 bridgehead atoms. The maximum absolute atomic E-state index is 13.2. The van der Waals surface area contributed by atoms with Crippen LogP contribution in [0.4, 0.5) is 14.5 Å². The van der Waals surface area contributed by atoms with Crippen molar-refractivity contribution < 1.29 is 13.5 Å². The molecular weight excluding hydrogens is 212 g/mol. The summed E-state index contributed by atoms with van der Waals surface area (Å²) in [5, 5.41) is 2.79. The van der Waals surface area contributed by atoms with Gasteiger partial charge in [0.1, 0.15) is 0 Å². The summed E-state index contributed by atoms with van der Waals surface area (Å²) >= 11 is 0. The average Bonchev–Trinajstić information content (AvgIpc) is 2.29. The third-order valence-electron chi connectivity index (χ3n) is 2.16. The third kappa shape index (κ3) is 4.14. The van der Waals surface area contributed by atoms with E-state index in [4.69, 9.17) is 4.74 Å². The smallest absolute Gasteiger partial charge is 0.181 e. The Hall–Kier alpha value is -1.16. The van der Waals surface area contributed by atoms with Gasteiger partial charge in [0.15, 0.2) is 11.6 Å². The van der Waals surface area contributed by atoms with Crippen molar-refractivity contribution in [2.75, 3.05) is 25.1 Å². The van der Waals surface area contributed by atoms with Gasteiger partial charge in [-0.25, -0.2) is 8.78 Å². The average molecular weight is 229 g/mol. The first-order valence-corrected chi connectivity index (χ1v) is 5.51. The molecule has 1 N–H and O–H groups in total. The Balaban J connectivity index is 2.24. The van der Waals surface area contributed by atoms with E-state index >= 15 is 0 Å². The summed E-state index contributed by atoms with van der Waals surface area (Å²) in [6.07, 6.45) is 2.11. The van der Waals surface area contributed by atoms with E-state index in [1.54, 1.807) is 0 Å². The minimum atomic E-state index is -0.837. The van der Waals surface area contributed by atoms with E-state index in [0.717, 1.165) is 18.9 Å². The lowest BCUT2D eigenvalue weighted by atomic mass is 10.3. The van der Waals surface area contributed by atoms with Gasteiger partial charge in [0.2, 0.25) is 0 Å². The fraction of sp³-hybridized carbons (Fsp3) is 0.500. The molecule has 1 rings (SSSR count). The second-order valence-electron chi connectivity index (χ2n) is 3.49. The van der Waals surface area contributed by atoms with E-state index in [9.17, 15) is 8.78 Å². The molecule has 2 nitrogen and oxygen atoms in total. The Morgan fingerprint density at radius 1 is 1.25 bits per heavy atom. The van der Waals surface area contributed by atoms with Crippen LogP contribution in [0.2, 0.25) is 0 Å². The Labute approximate surface area is 94.6 Å². The van der Waals surface area contributed by atoms with Crippen LogP contribution in [0.5, 0.6) is 0 Å². The number of nitrogens with one attached hydrogen (secondary N) is 1. The minimum Gasteiger partial charge on any atom is -0.380 e. The molecule has 0 saturated heterocycles. The van der Waals surface area contributed by atoms with Crippen molar-refractivity contribution in [1.82, 2.24) is 0 Å². The van der Waals surface area contributed by atoms with Gasteiger partial charge < -0.3 is 10.1 Å². The van der Waals surface area contributed by atoms with Gasteiger partial charge >= 0.3 is 0 Å². The molecule has 0 radical (unpaired) electrons. The Kier molecular flexibility index (Phi) is 5.78. The largest absolute Gasteiger partial charge is 0.380 e. The van der Waals surface area contributed by atoms with Crippen molar-refractivity contribution in [3.8, 4) is 0 Å². The van der Waals surface area contributed by atoms with Crippen LogP contribution < -0.4 is 5.32 Å². The SMILES string of the molecule is CCCCOCCNc1cccc(F)c1F. The lowest BCUT2D eigenvalue weighted by Crippen LogP contribution is -2.11. The zero-order valence-electron chi connectivity index (χ0n) is 9.43. The van der Waals surface area contributed by atoms with Crippen molar-refractivity contribution >= 4 is 5.69 Å². The van der Waals surface area contributed by atoms with Crippen LogP contribution in [0.25, 0.3) is 0 Å². The van der Waals surface area contributed by atoms with Gasteiger partial charge in [-0.1, -0.05) is 19.4 Å². The summed E-state index contributed by atoms with van der Waals surface area (Å²) in [4.78, 5) is 0. The van der Waals surface area contributed by atoms with E-state index < -0.39 is 11.6 Å². The number of unbranched alkanes of at least 4 members (excludes halogenated alkanes) is 1. The molecule has 0 saturated carbocycles. The van der Waals surface area contributed by atoms with E-state index in [1.165, 1.54) is 12.1 Å². The number of anilines is 1. The molecule has 0 spiro atoms. The van der Waals surface area contributed by atoms with Crippen LogP contribution >= 0.6 is 0 Å². The topological polar surface area (TPSA) is 21.3 Å². The first-order valence-electron chi connectivity index (χ1n) is 5.51. The maximum atomic E-state index is 13.2. The molecule has 0 aliphatic heterocycles. The summed E-state index contributed by atoms with van der Waals surface area (Å²) < 4.78 is 31.2. The molecule has 0 unspecified atom stereocenters. The minimum absolute atomic E-state index is 0.180. The van der Waals surface area contributed by atoms with Gasteiger partial charge in [0.05, 0.1) is 12.3 Å². The van der Waals surface area contributed by atoms with Crippen LogP contribution in [0.3, 0.4) is 0 Å². The molecule has 90 valence electrons. The maximum Gasteiger partial charge on any atom is 0.181 e. The number of hydrogen-bond acceptors (Lipinski definition) is 2. The quantitative estimate of drug-likeness (QED) is 0.725. The molecule has 4 heteroatoms. The molecule has 16 heavy (non-hydrogen) atoms. The van der Waals surface area contributed by atoms with Gasteiger partial charge in [-0.05, 0) is 18.6 Å². The molecule has 0 amide bonds. The fourth-order valence-corrected chi connectivity index (χ4v) is 1.25. The number of benzene rings is 1. The number of ether oxygens (including phenoxy) is 1. The summed E-state index contributed by atoms with van der Waals surface area (Å²) in [6.45, 7) is 3.77. The molecular formula is C12H17F2NO. The van der Waals surface area contributed by atoms with E-state index in [0.29, 0.717) is 19.8 Å². The van der Waals surface area contributed by atoms with Gasteiger partial charge in [0, 0.05) is 13.2 Å². The lowest BCUT2D eigenvalue weighted by Gasteiger charge is -2.08. The molecule has 0 heterocycles. The zero-order valence-corrected chi connectivity index (χ0v) is 9.43. The highest BCUT2D eigenvalue weighted by Crippen LogP contribution is 2.15. The Bertz CT molecular complexity index is 318. The van der Waals surface area contributed by atoms with Crippen LogP contribution in [0.1, 0.15) is 19.8 Å². The standard InChI is InChI=1S/C12H17F2NO/c1-2-3-8-16-9-7-15-11-6-4-5-10(13)12(11)14/h4-6,15H,2-3,7-9H2,1H3. The molecule has 0 atom stereocenters. The Morgan fingerprint density at radius 3 is 2.81 bits per heavy atom. The van der Waals surface area contributed by atoms with Crippen LogP contribution in [-0.2, 0) is 4.74 Å². The summed E-state index contributed by atoms with van der Waals surface area (Å²) in [7, 11) is 0. The van der Waals surface area contributed by atoms with Crippen molar-refractivity contribution in [1.29, 1.82) is 0 Å². The molecule has 0 fully saturated rings. The van der Waals surface area contributed by atoms with Crippen LogP contribution in [0, 0.1) is 11.6 Å². The normalized spacial score (nSPS) is 10.4. The number of hydrogen-bond donors (Lipinski definition) is 1. The zero-order chi connectivity index (χ0) is 11.8. The van der Waals surface area contributed by atoms with Crippen LogP contribution in [-0.4, -0.2) is 19.8 Å².